The zero-order valence-electron chi connectivity index (χ0n) is 14.8. The van der Waals surface area contributed by atoms with Crippen molar-refractivity contribution in [3.05, 3.63) is 81.1 Å². The molecule has 1 aliphatic rings. The van der Waals surface area contributed by atoms with Crippen molar-refractivity contribution in [1.82, 2.24) is 0 Å². The molecule has 0 unspecified atom stereocenters. The summed E-state index contributed by atoms with van der Waals surface area (Å²) in [6, 6.07) is 18.0. The van der Waals surface area contributed by atoms with E-state index in [9.17, 15) is 9.59 Å². The van der Waals surface area contributed by atoms with Gasteiger partial charge in [0.2, 0.25) is 0 Å². The molecule has 4 rings (SSSR count). The van der Waals surface area contributed by atoms with Gasteiger partial charge in [-0.3, -0.25) is 9.59 Å². The van der Waals surface area contributed by atoms with Crippen molar-refractivity contribution >= 4 is 56.0 Å². The molecule has 0 saturated carbocycles. The molecular weight excluding hydrogens is 440 g/mol. The van der Waals surface area contributed by atoms with Crippen molar-refractivity contribution in [3.8, 4) is 5.75 Å². The van der Waals surface area contributed by atoms with Gasteiger partial charge in [-0.05, 0) is 41.8 Å². The molecular formula is C21H15BrN2O3S. The van der Waals surface area contributed by atoms with Gasteiger partial charge in [0.15, 0.2) is 0 Å². The molecule has 0 aliphatic carbocycles. The van der Waals surface area contributed by atoms with Crippen LogP contribution in [0.25, 0.3) is 5.57 Å². The molecule has 28 heavy (non-hydrogen) atoms. The zero-order valence-corrected chi connectivity index (χ0v) is 17.2. The number of nitrogens with zero attached hydrogens (tertiary/aromatic N) is 1. The van der Waals surface area contributed by atoms with Crippen LogP contribution in [-0.2, 0) is 9.59 Å². The van der Waals surface area contributed by atoms with Crippen LogP contribution in [0, 0.1) is 0 Å². The third-order valence-corrected chi connectivity index (χ3v) is 5.64. The van der Waals surface area contributed by atoms with Crippen molar-refractivity contribution in [3.63, 3.8) is 0 Å². The average Bonchev–Trinajstić information content (AvgIpc) is 3.29. The number of hydrogen-bond acceptors (Lipinski definition) is 5. The lowest BCUT2D eigenvalue weighted by atomic mass is 10.2. The fraction of sp³-hybridized carbons (Fsp3) is 0.0476. The van der Waals surface area contributed by atoms with Crippen LogP contribution in [0.2, 0.25) is 0 Å². The first-order valence-electron chi connectivity index (χ1n) is 8.42. The summed E-state index contributed by atoms with van der Waals surface area (Å²) in [6.07, 6.45) is 0. The number of ether oxygens (including phenoxy) is 1. The first-order chi connectivity index (χ1) is 13.6. The number of thiophene rings is 1. The van der Waals surface area contributed by atoms with Gasteiger partial charge in [-0.2, -0.15) is 0 Å². The van der Waals surface area contributed by atoms with Gasteiger partial charge in [0.1, 0.15) is 11.4 Å². The number of benzene rings is 2. The van der Waals surface area contributed by atoms with Gasteiger partial charge in [0.25, 0.3) is 11.8 Å². The van der Waals surface area contributed by atoms with Gasteiger partial charge < -0.3 is 10.1 Å². The molecule has 0 atom stereocenters. The van der Waals surface area contributed by atoms with E-state index >= 15 is 0 Å². The molecule has 1 N–H and O–H groups in total. The van der Waals surface area contributed by atoms with Crippen LogP contribution in [0.15, 0.2) is 76.2 Å². The number of nitrogens with one attached hydrogen (secondary N) is 1. The molecule has 3 aromatic rings. The van der Waals surface area contributed by atoms with Crippen LogP contribution >= 0.6 is 27.3 Å². The van der Waals surface area contributed by atoms with Crippen LogP contribution in [0.3, 0.4) is 0 Å². The molecule has 140 valence electrons. The van der Waals surface area contributed by atoms with Gasteiger partial charge in [-0.15, -0.1) is 11.3 Å². The molecule has 2 heterocycles. The van der Waals surface area contributed by atoms with E-state index in [1.165, 1.54) is 16.2 Å². The lowest BCUT2D eigenvalue weighted by molar-refractivity contribution is -0.120. The molecule has 7 heteroatoms. The molecule has 0 fully saturated rings. The Bertz CT molecular complexity index is 1090. The molecule has 0 bridgehead atoms. The number of anilines is 2. The summed E-state index contributed by atoms with van der Waals surface area (Å²) in [4.78, 5) is 28.4. The normalized spacial score (nSPS) is 14.0. The number of halogens is 1. The average molecular weight is 455 g/mol. The number of rotatable bonds is 5. The molecule has 5 nitrogen and oxygen atoms in total. The molecule has 0 saturated heterocycles. The Morgan fingerprint density at radius 2 is 1.82 bits per heavy atom. The summed E-state index contributed by atoms with van der Waals surface area (Å²) in [6.45, 7) is 0. The second-order valence-corrected chi connectivity index (χ2v) is 7.87. The highest BCUT2D eigenvalue weighted by Crippen LogP contribution is 2.36. The van der Waals surface area contributed by atoms with Gasteiger partial charge in [-0.1, -0.05) is 34.1 Å². The van der Waals surface area contributed by atoms with E-state index in [0.29, 0.717) is 22.7 Å². The largest absolute Gasteiger partial charge is 0.497 e. The minimum atomic E-state index is -0.394. The van der Waals surface area contributed by atoms with Crippen LogP contribution in [0.4, 0.5) is 11.4 Å². The maximum absolute atomic E-state index is 13.2. The SMILES string of the molecule is COc1cccc(NC2=C(c3cccs3)C(=O)N(c3cccc(Br)c3)C2=O)c1. The highest BCUT2D eigenvalue weighted by Gasteiger charge is 2.40. The maximum Gasteiger partial charge on any atom is 0.282 e. The first kappa shape index (κ1) is 18.5. The second-order valence-electron chi connectivity index (χ2n) is 6.01. The monoisotopic (exact) mass is 454 g/mol. The van der Waals surface area contributed by atoms with Gasteiger partial charge in [0.05, 0.1) is 18.4 Å². The van der Waals surface area contributed by atoms with Crippen LogP contribution < -0.4 is 15.0 Å². The summed E-state index contributed by atoms with van der Waals surface area (Å²) in [5, 5.41) is 5.01. The van der Waals surface area contributed by atoms with Gasteiger partial charge in [0, 0.05) is 21.1 Å². The molecule has 2 aromatic carbocycles. The van der Waals surface area contributed by atoms with Crippen LogP contribution in [0.5, 0.6) is 5.75 Å². The van der Waals surface area contributed by atoms with Crippen molar-refractivity contribution < 1.29 is 14.3 Å². The summed E-state index contributed by atoms with van der Waals surface area (Å²) in [7, 11) is 1.58. The number of hydrogen-bond donors (Lipinski definition) is 1. The van der Waals surface area contributed by atoms with E-state index in [2.05, 4.69) is 21.2 Å². The topological polar surface area (TPSA) is 58.6 Å². The Hall–Kier alpha value is -2.90. The summed E-state index contributed by atoms with van der Waals surface area (Å²) in [5.74, 6) is -0.0887. The van der Waals surface area contributed by atoms with Crippen molar-refractivity contribution in [2.24, 2.45) is 0 Å². The highest BCUT2D eigenvalue weighted by atomic mass is 79.9. The number of methoxy groups -OCH3 is 1. The quantitative estimate of drug-likeness (QED) is 0.556. The number of imide groups is 1. The first-order valence-corrected chi connectivity index (χ1v) is 10.1. The van der Waals surface area contributed by atoms with E-state index in [1.54, 1.807) is 31.4 Å². The number of amides is 2. The van der Waals surface area contributed by atoms with E-state index in [0.717, 1.165) is 9.35 Å². The minimum absolute atomic E-state index is 0.251. The standard InChI is InChI=1S/C21H15BrN2O3S/c1-27-16-8-3-6-14(12-16)23-19-18(17-9-4-10-28-17)20(25)24(21(19)26)15-7-2-5-13(22)11-15/h2-12,23H,1H3. The van der Waals surface area contributed by atoms with Crippen LogP contribution in [-0.4, -0.2) is 18.9 Å². The molecule has 1 aromatic heterocycles. The lowest BCUT2D eigenvalue weighted by Gasteiger charge is -2.15. The van der Waals surface area contributed by atoms with Gasteiger partial charge in [-0.25, -0.2) is 4.90 Å². The molecule has 0 spiro atoms. The van der Waals surface area contributed by atoms with E-state index in [1.807, 2.05) is 41.8 Å². The molecule has 2 amide bonds. The Labute approximate surface area is 174 Å². The van der Waals surface area contributed by atoms with E-state index in [-0.39, 0.29) is 11.6 Å². The van der Waals surface area contributed by atoms with Crippen molar-refractivity contribution in [2.45, 2.75) is 0 Å². The summed E-state index contributed by atoms with van der Waals surface area (Å²) in [5.41, 5.74) is 1.80. The molecule has 0 radical (unpaired) electrons. The predicted octanol–water partition coefficient (Wildman–Crippen LogP) is 4.92. The summed E-state index contributed by atoms with van der Waals surface area (Å²) < 4.78 is 6.04. The Morgan fingerprint density at radius 3 is 2.54 bits per heavy atom. The minimum Gasteiger partial charge on any atom is -0.497 e. The summed E-state index contributed by atoms with van der Waals surface area (Å²) >= 11 is 4.81. The smallest absolute Gasteiger partial charge is 0.282 e. The third-order valence-electron chi connectivity index (χ3n) is 4.26. The fourth-order valence-corrected chi connectivity index (χ4v) is 4.15. The van der Waals surface area contributed by atoms with E-state index < -0.39 is 5.91 Å². The van der Waals surface area contributed by atoms with Crippen molar-refractivity contribution in [2.75, 3.05) is 17.3 Å². The number of carbonyl (C=O) groups is 2. The second kappa shape index (κ2) is 7.61. The Kier molecular flexibility index (Phi) is 5.02. The van der Waals surface area contributed by atoms with Gasteiger partial charge >= 0.3 is 0 Å². The Morgan fingerprint density at radius 1 is 1.00 bits per heavy atom. The zero-order chi connectivity index (χ0) is 19.7. The lowest BCUT2D eigenvalue weighted by Crippen LogP contribution is -2.32. The molecule has 1 aliphatic heterocycles. The predicted molar refractivity (Wildman–Crippen MR) is 114 cm³/mol. The maximum atomic E-state index is 13.2. The fourth-order valence-electron chi connectivity index (χ4n) is 2.99. The highest BCUT2D eigenvalue weighted by molar-refractivity contribution is 9.10. The Balaban J connectivity index is 1.79. The number of carbonyl (C=O) groups excluding carboxylic acids is 2. The van der Waals surface area contributed by atoms with E-state index in [4.69, 9.17) is 4.74 Å². The van der Waals surface area contributed by atoms with Crippen molar-refractivity contribution in [1.29, 1.82) is 0 Å². The van der Waals surface area contributed by atoms with Crippen LogP contribution in [0.1, 0.15) is 4.88 Å². The third kappa shape index (κ3) is 3.34.